The van der Waals surface area contributed by atoms with Gasteiger partial charge in [0.25, 0.3) is 0 Å². The summed E-state index contributed by atoms with van der Waals surface area (Å²) in [5, 5.41) is 11.9. The third kappa shape index (κ3) is 2.88. The number of benzene rings is 1. The summed E-state index contributed by atoms with van der Waals surface area (Å²) in [6, 6.07) is 7.07. The maximum absolute atomic E-state index is 11.8. The van der Waals surface area contributed by atoms with Crippen LogP contribution in [0.25, 0.3) is 0 Å². The molecule has 2 N–H and O–H groups in total. The normalized spacial score (nSPS) is 18.8. The Morgan fingerprint density at radius 3 is 2.72 bits per heavy atom. The largest absolute Gasteiger partial charge is 0.391 e. The predicted octanol–water partition coefficient (Wildman–Crippen LogP) is 0.981. The first-order chi connectivity index (χ1) is 8.58. The predicted molar refractivity (Wildman–Crippen MR) is 70.0 cm³/mol. The molecule has 1 aromatic carbocycles. The van der Waals surface area contributed by atoms with Crippen molar-refractivity contribution in [2.75, 3.05) is 18.4 Å². The highest BCUT2D eigenvalue weighted by Gasteiger charge is 2.29. The van der Waals surface area contributed by atoms with E-state index in [0.29, 0.717) is 23.1 Å². The number of aliphatic hydroxyl groups is 1. The summed E-state index contributed by atoms with van der Waals surface area (Å²) in [4.78, 5) is 24.9. The molecule has 6 heteroatoms. The number of para-hydroxylation sites is 1. The summed E-state index contributed by atoms with van der Waals surface area (Å²) in [6.07, 6.45) is -0.00108. The van der Waals surface area contributed by atoms with Crippen LogP contribution in [0, 0.1) is 0 Å². The second-order valence-corrected chi connectivity index (χ2v) is 4.98. The average molecular weight is 313 g/mol. The number of hydrogen-bond acceptors (Lipinski definition) is 3. The Labute approximate surface area is 113 Å². The van der Waals surface area contributed by atoms with E-state index < -0.39 is 17.9 Å². The molecule has 2 rings (SSSR count). The van der Waals surface area contributed by atoms with E-state index in [0.717, 1.165) is 0 Å². The van der Waals surface area contributed by atoms with Crippen molar-refractivity contribution in [2.24, 2.45) is 0 Å². The fourth-order valence-electron chi connectivity index (χ4n) is 1.81. The van der Waals surface area contributed by atoms with Gasteiger partial charge in [0.05, 0.1) is 11.8 Å². The minimum atomic E-state index is -0.684. The smallest absolute Gasteiger partial charge is 0.313 e. The number of β-amino-alcohol motifs (C(OH)–C–C–N with tert-alkyl or cyclic N) is 1. The topological polar surface area (TPSA) is 69.6 Å². The van der Waals surface area contributed by atoms with Gasteiger partial charge in [0.1, 0.15) is 0 Å². The molecule has 0 aromatic heterocycles. The quantitative estimate of drug-likeness (QED) is 0.760. The molecule has 1 fully saturated rings. The van der Waals surface area contributed by atoms with Gasteiger partial charge in [-0.05, 0) is 34.5 Å². The van der Waals surface area contributed by atoms with Gasteiger partial charge < -0.3 is 15.3 Å². The van der Waals surface area contributed by atoms with Gasteiger partial charge in [0.15, 0.2) is 0 Å². The fraction of sp³-hybridized carbons (Fsp3) is 0.333. The van der Waals surface area contributed by atoms with Gasteiger partial charge in [-0.1, -0.05) is 12.1 Å². The van der Waals surface area contributed by atoms with E-state index in [9.17, 15) is 14.7 Å². The third-order valence-corrected chi connectivity index (χ3v) is 3.46. The van der Waals surface area contributed by atoms with Crippen LogP contribution < -0.4 is 5.32 Å². The van der Waals surface area contributed by atoms with Crippen LogP contribution in [0.15, 0.2) is 28.7 Å². The van der Waals surface area contributed by atoms with Crippen LogP contribution in [-0.4, -0.2) is 41.0 Å². The Hall–Kier alpha value is -1.40. The number of rotatable bonds is 1. The highest BCUT2D eigenvalue weighted by atomic mass is 79.9. The van der Waals surface area contributed by atoms with Gasteiger partial charge in [-0.25, -0.2) is 0 Å². The highest BCUT2D eigenvalue weighted by Crippen LogP contribution is 2.21. The molecule has 0 aliphatic carbocycles. The van der Waals surface area contributed by atoms with Crippen molar-refractivity contribution in [1.29, 1.82) is 0 Å². The van der Waals surface area contributed by atoms with E-state index in [1.807, 2.05) is 6.07 Å². The number of amides is 2. The van der Waals surface area contributed by atoms with Crippen LogP contribution >= 0.6 is 15.9 Å². The molecule has 0 unspecified atom stereocenters. The van der Waals surface area contributed by atoms with Crippen LogP contribution in [0.5, 0.6) is 0 Å². The third-order valence-electron chi connectivity index (χ3n) is 2.77. The number of carbonyl (C=O) groups excluding carboxylic acids is 2. The van der Waals surface area contributed by atoms with E-state index in [-0.39, 0.29) is 6.54 Å². The molecule has 1 saturated heterocycles. The molecule has 1 aliphatic rings. The van der Waals surface area contributed by atoms with Crippen molar-refractivity contribution in [3.63, 3.8) is 0 Å². The van der Waals surface area contributed by atoms with Gasteiger partial charge in [0.2, 0.25) is 0 Å². The van der Waals surface area contributed by atoms with Crippen molar-refractivity contribution in [3.05, 3.63) is 28.7 Å². The molecular weight excluding hydrogens is 300 g/mol. The van der Waals surface area contributed by atoms with Gasteiger partial charge >= 0.3 is 11.8 Å². The lowest BCUT2D eigenvalue weighted by atomic mass is 10.3. The van der Waals surface area contributed by atoms with Gasteiger partial charge in [-0.15, -0.1) is 0 Å². The van der Waals surface area contributed by atoms with Crippen LogP contribution in [0.3, 0.4) is 0 Å². The van der Waals surface area contributed by atoms with Crippen LogP contribution in [0.1, 0.15) is 6.42 Å². The first-order valence-electron chi connectivity index (χ1n) is 5.61. The second kappa shape index (κ2) is 5.49. The zero-order valence-electron chi connectivity index (χ0n) is 9.60. The van der Waals surface area contributed by atoms with Crippen molar-refractivity contribution in [2.45, 2.75) is 12.5 Å². The molecule has 1 aromatic rings. The molecule has 0 bridgehead atoms. The van der Waals surface area contributed by atoms with Crippen molar-refractivity contribution < 1.29 is 14.7 Å². The average Bonchev–Trinajstić information content (AvgIpc) is 2.78. The highest BCUT2D eigenvalue weighted by molar-refractivity contribution is 9.10. The molecule has 0 spiro atoms. The van der Waals surface area contributed by atoms with E-state index in [4.69, 9.17) is 0 Å². The molecule has 1 aliphatic heterocycles. The Morgan fingerprint density at radius 2 is 2.11 bits per heavy atom. The van der Waals surface area contributed by atoms with E-state index in [1.54, 1.807) is 18.2 Å². The molecule has 18 heavy (non-hydrogen) atoms. The van der Waals surface area contributed by atoms with E-state index in [1.165, 1.54) is 4.90 Å². The number of halogens is 1. The minimum Gasteiger partial charge on any atom is -0.391 e. The van der Waals surface area contributed by atoms with Gasteiger partial charge in [-0.3, -0.25) is 9.59 Å². The number of anilines is 1. The maximum atomic E-state index is 11.8. The van der Waals surface area contributed by atoms with Crippen LogP contribution in [0.2, 0.25) is 0 Å². The number of nitrogens with one attached hydrogen (secondary N) is 1. The van der Waals surface area contributed by atoms with Crippen LogP contribution in [0.4, 0.5) is 5.69 Å². The number of carbonyl (C=O) groups is 2. The molecule has 1 atom stereocenters. The van der Waals surface area contributed by atoms with Crippen molar-refractivity contribution in [1.82, 2.24) is 4.90 Å². The molecule has 0 saturated carbocycles. The molecule has 0 radical (unpaired) electrons. The van der Waals surface area contributed by atoms with Crippen molar-refractivity contribution >= 4 is 33.4 Å². The fourth-order valence-corrected chi connectivity index (χ4v) is 2.19. The SMILES string of the molecule is O=C(Nc1ccccc1Br)C(=O)N1CC[C@@H](O)C1. The summed E-state index contributed by atoms with van der Waals surface area (Å²) in [6.45, 7) is 0.644. The Morgan fingerprint density at radius 1 is 1.39 bits per heavy atom. The lowest BCUT2D eigenvalue weighted by Crippen LogP contribution is -2.38. The molecule has 96 valence electrons. The number of hydrogen-bond donors (Lipinski definition) is 2. The summed E-state index contributed by atoms with van der Waals surface area (Å²) < 4.78 is 0.715. The van der Waals surface area contributed by atoms with E-state index >= 15 is 0 Å². The molecular formula is C12H13BrN2O3. The minimum absolute atomic E-state index is 0.224. The zero-order valence-corrected chi connectivity index (χ0v) is 11.2. The molecule has 2 amide bonds. The van der Waals surface area contributed by atoms with Crippen LogP contribution in [-0.2, 0) is 9.59 Å². The summed E-state index contributed by atoms with van der Waals surface area (Å²) in [7, 11) is 0. The monoisotopic (exact) mass is 312 g/mol. The lowest BCUT2D eigenvalue weighted by Gasteiger charge is -2.15. The van der Waals surface area contributed by atoms with Gasteiger partial charge in [0, 0.05) is 17.6 Å². The number of nitrogens with zero attached hydrogens (tertiary/aromatic N) is 1. The Kier molecular flexibility index (Phi) is 3.98. The zero-order chi connectivity index (χ0) is 13.1. The second-order valence-electron chi connectivity index (χ2n) is 4.13. The molecule has 5 nitrogen and oxygen atoms in total. The lowest BCUT2D eigenvalue weighted by molar-refractivity contribution is -0.142. The first-order valence-corrected chi connectivity index (χ1v) is 6.40. The number of aliphatic hydroxyl groups excluding tert-OH is 1. The summed E-state index contributed by atoms with van der Waals surface area (Å²) in [5.41, 5.74) is 0.551. The Balaban J connectivity index is 2.00. The number of likely N-dealkylation sites (tertiary alicyclic amines) is 1. The van der Waals surface area contributed by atoms with E-state index in [2.05, 4.69) is 21.2 Å². The maximum Gasteiger partial charge on any atom is 0.313 e. The van der Waals surface area contributed by atoms with Gasteiger partial charge in [-0.2, -0.15) is 0 Å². The molecule has 1 heterocycles. The summed E-state index contributed by atoms with van der Waals surface area (Å²) in [5.74, 6) is -1.29. The standard InChI is InChI=1S/C12H13BrN2O3/c13-9-3-1-2-4-10(9)14-11(17)12(18)15-6-5-8(16)7-15/h1-4,8,16H,5-7H2,(H,14,17)/t8-/m1/s1. The van der Waals surface area contributed by atoms with Crippen molar-refractivity contribution in [3.8, 4) is 0 Å². The first kappa shape index (κ1) is 13.0. The Bertz CT molecular complexity index is 478. The summed E-state index contributed by atoms with van der Waals surface area (Å²) >= 11 is 3.29.